The van der Waals surface area contributed by atoms with E-state index in [1.54, 1.807) is 6.07 Å². The summed E-state index contributed by atoms with van der Waals surface area (Å²) in [6, 6.07) is 3.23. The van der Waals surface area contributed by atoms with Gasteiger partial charge in [0.05, 0.1) is 13.7 Å². The highest BCUT2D eigenvalue weighted by atomic mass is 16.5. The van der Waals surface area contributed by atoms with Gasteiger partial charge in [-0.2, -0.15) is 0 Å². The van der Waals surface area contributed by atoms with Gasteiger partial charge in [0.25, 0.3) is 0 Å². The normalized spacial score (nSPS) is 12.9. The van der Waals surface area contributed by atoms with E-state index < -0.39 is 5.97 Å². The Labute approximate surface area is 86.8 Å². The molecule has 2 rings (SSSR count). The summed E-state index contributed by atoms with van der Waals surface area (Å²) in [5.74, 6) is 0.0734. The van der Waals surface area contributed by atoms with Gasteiger partial charge in [-0.3, -0.25) is 4.79 Å². The zero-order chi connectivity index (χ0) is 10.8. The number of rotatable bonds is 2. The molecule has 0 N–H and O–H groups in total. The molecule has 0 fully saturated rings. The molecule has 4 nitrogen and oxygen atoms in total. The van der Waals surface area contributed by atoms with Crippen molar-refractivity contribution in [3.05, 3.63) is 28.8 Å². The Kier molecular flexibility index (Phi) is 2.41. The maximum absolute atomic E-state index is 11.4. The molecule has 0 bridgehead atoms. The summed E-state index contributed by atoms with van der Waals surface area (Å²) in [6.45, 7) is 0.543. The molecule has 0 aromatic heterocycles. The van der Waals surface area contributed by atoms with Crippen molar-refractivity contribution in [2.75, 3.05) is 13.7 Å². The van der Waals surface area contributed by atoms with Crippen LogP contribution >= 0.6 is 0 Å². The van der Waals surface area contributed by atoms with Crippen LogP contribution < -0.4 is 4.74 Å². The van der Waals surface area contributed by atoms with E-state index in [1.807, 2.05) is 0 Å². The third-order valence-electron chi connectivity index (χ3n) is 2.35. The maximum atomic E-state index is 11.4. The second kappa shape index (κ2) is 3.73. The van der Waals surface area contributed by atoms with Crippen LogP contribution in [-0.4, -0.2) is 26.0 Å². The van der Waals surface area contributed by atoms with Gasteiger partial charge in [0.15, 0.2) is 0 Å². The molecule has 1 aliphatic rings. The molecule has 0 unspecified atom stereocenters. The van der Waals surface area contributed by atoms with E-state index in [1.165, 1.54) is 13.2 Å². The first kappa shape index (κ1) is 9.71. The van der Waals surface area contributed by atoms with E-state index in [2.05, 4.69) is 4.74 Å². The second-order valence-corrected chi connectivity index (χ2v) is 3.26. The lowest BCUT2D eigenvalue weighted by Gasteiger charge is -2.06. The lowest BCUT2D eigenvalue weighted by atomic mass is 10.0. The molecular weight excluding hydrogens is 196 g/mol. The molecule has 0 saturated heterocycles. The minimum absolute atomic E-state index is 0.328. The van der Waals surface area contributed by atoms with Crippen LogP contribution in [0, 0.1) is 0 Å². The van der Waals surface area contributed by atoms with Crippen LogP contribution in [0.5, 0.6) is 5.75 Å². The first-order valence-corrected chi connectivity index (χ1v) is 4.59. The van der Waals surface area contributed by atoms with Crippen molar-refractivity contribution in [1.29, 1.82) is 0 Å². The Bertz CT molecular complexity index is 423. The summed E-state index contributed by atoms with van der Waals surface area (Å²) in [6.07, 6.45) is 1.44. The first-order valence-electron chi connectivity index (χ1n) is 4.59. The van der Waals surface area contributed by atoms with E-state index in [0.717, 1.165) is 12.0 Å². The Morgan fingerprint density at radius 1 is 1.53 bits per heavy atom. The number of carbonyl (C=O) groups is 2. The van der Waals surface area contributed by atoms with Crippen LogP contribution in [0.15, 0.2) is 12.1 Å². The number of hydrogen-bond acceptors (Lipinski definition) is 4. The molecule has 0 saturated carbocycles. The fraction of sp³-hybridized carbons (Fsp3) is 0.273. The fourth-order valence-corrected chi connectivity index (χ4v) is 1.66. The predicted octanol–water partition coefficient (Wildman–Crippen LogP) is 1.22. The summed E-state index contributed by atoms with van der Waals surface area (Å²) in [5.41, 5.74) is 1.69. The molecule has 78 valence electrons. The van der Waals surface area contributed by atoms with E-state index in [0.29, 0.717) is 29.8 Å². The second-order valence-electron chi connectivity index (χ2n) is 3.26. The Morgan fingerprint density at radius 3 is 3.00 bits per heavy atom. The quantitative estimate of drug-likeness (QED) is 0.539. The first-order chi connectivity index (χ1) is 7.26. The molecule has 0 amide bonds. The minimum atomic E-state index is -0.475. The van der Waals surface area contributed by atoms with E-state index in [4.69, 9.17) is 4.74 Å². The van der Waals surface area contributed by atoms with Crippen molar-refractivity contribution in [1.82, 2.24) is 0 Å². The van der Waals surface area contributed by atoms with Gasteiger partial charge in [0.2, 0.25) is 0 Å². The van der Waals surface area contributed by atoms with Crippen molar-refractivity contribution in [3.63, 3.8) is 0 Å². The molecule has 0 aliphatic carbocycles. The molecule has 15 heavy (non-hydrogen) atoms. The lowest BCUT2D eigenvalue weighted by molar-refractivity contribution is 0.0597. The molecule has 0 radical (unpaired) electrons. The van der Waals surface area contributed by atoms with E-state index in [9.17, 15) is 9.59 Å². The summed E-state index contributed by atoms with van der Waals surface area (Å²) in [4.78, 5) is 22.1. The minimum Gasteiger partial charge on any atom is -0.492 e. The Balaban J connectivity index is 2.56. The van der Waals surface area contributed by atoms with Crippen LogP contribution in [0.3, 0.4) is 0 Å². The van der Waals surface area contributed by atoms with Crippen molar-refractivity contribution >= 4 is 12.3 Å². The van der Waals surface area contributed by atoms with Crippen molar-refractivity contribution in [3.8, 4) is 5.75 Å². The number of carbonyl (C=O) groups excluding carboxylic acids is 2. The average Bonchev–Trinajstić information content (AvgIpc) is 2.74. The number of aldehydes is 1. The van der Waals surface area contributed by atoms with Gasteiger partial charge in [0, 0.05) is 12.0 Å². The molecule has 1 aromatic rings. The fourth-order valence-electron chi connectivity index (χ4n) is 1.66. The summed E-state index contributed by atoms with van der Waals surface area (Å²) < 4.78 is 9.96. The number of benzene rings is 1. The molecule has 1 heterocycles. The van der Waals surface area contributed by atoms with Crippen LogP contribution in [0.2, 0.25) is 0 Å². The lowest BCUT2D eigenvalue weighted by Crippen LogP contribution is -2.04. The van der Waals surface area contributed by atoms with Gasteiger partial charge in [-0.05, 0) is 17.7 Å². The third-order valence-corrected chi connectivity index (χ3v) is 2.35. The smallest absolute Gasteiger partial charge is 0.341 e. The van der Waals surface area contributed by atoms with Crippen molar-refractivity contribution in [2.24, 2.45) is 0 Å². The number of ether oxygens (including phenoxy) is 2. The van der Waals surface area contributed by atoms with E-state index >= 15 is 0 Å². The monoisotopic (exact) mass is 206 g/mol. The highest BCUT2D eigenvalue weighted by molar-refractivity contribution is 5.95. The highest BCUT2D eigenvalue weighted by Gasteiger charge is 2.22. The number of methoxy groups -OCH3 is 1. The van der Waals surface area contributed by atoms with Gasteiger partial charge >= 0.3 is 5.97 Å². The highest BCUT2D eigenvalue weighted by Crippen LogP contribution is 2.31. The molecule has 4 heteroatoms. The van der Waals surface area contributed by atoms with Crippen LogP contribution in [0.4, 0.5) is 0 Å². The topological polar surface area (TPSA) is 52.6 Å². The number of fused-ring (bicyclic) bond motifs is 1. The van der Waals surface area contributed by atoms with Gasteiger partial charge < -0.3 is 9.47 Å². The third kappa shape index (κ3) is 1.58. The predicted molar refractivity (Wildman–Crippen MR) is 52.4 cm³/mol. The van der Waals surface area contributed by atoms with Crippen LogP contribution in [-0.2, 0) is 11.2 Å². The molecule has 1 aromatic carbocycles. The maximum Gasteiger partial charge on any atom is 0.341 e. The molecular formula is C11H10O4. The zero-order valence-corrected chi connectivity index (χ0v) is 8.28. The average molecular weight is 206 g/mol. The summed E-state index contributed by atoms with van der Waals surface area (Å²) in [7, 11) is 1.30. The van der Waals surface area contributed by atoms with Crippen LogP contribution in [0.1, 0.15) is 26.3 Å². The summed E-state index contributed by atoms with van der Waals surface area (Å²) in [5, 5.41) is 0. The standard InChI is InChI=1S/C11H10O4/c1-14-11(13)9-5-7(6-12)4-8-2-3-15-10(8)9/h4-6H,2-3H2,1H3. The number of hydrogen-bond donors (Lipinski definition) is 0. The number of esters is 1. The van der Waals surface area contributed by atoms with Gasteiger partial charge in [-0.15, -0.1) is 0 Å². The summed E-state index contributed by atoms with van der Waals surface area (Å²) >= 11 is 0. The van der Waals surface area contributed by atoms with Gasteiger partial charge in [-0.1, -0.05) is 0 Å². The molecule has 0 atom stereocenters. The molecule has 1 aliphatic heterocycles. The van der Waals surface area contributed by atoms with Gasteiger partial charge in [0.1, 0.15) is 17.6 Å². The van der Waals surface area contributed by atoms with Crippen molar-refractivity contribution < 1.29 is 19.1 Å². The SMILES string of the molecule is COC(=O)c1cc(C=O)cc2c1OCC2. The Morgan fingerprint density at radius 2 is 2.33 bits per heavy atom. The molecule has 0 spiro atoms. The van der Waals surface area contributed by atoms with Gasteiger partial charge in [-0.25, -0.2) is 4.79 Å². The largest absolute Gasteiger partial charge is 0.492 e. The van der Waals surface area contributed by atoms with Crippen molar-refractivity contribution in [2.45, 2.75) is 6.42 Å². The Hall–Kier alpha value is -1.84. The van der Waals surface area contributed by atoms with E-state index in [-0.39, 0.29) is 0 Å². The zero-order valence-electron chi connectivity index (χ0n) is 8.28. The van der Waals surface area contributed by atoms with Crippen LogP contribution in [0.25, 0.3) is 0 Å².